The first kappa shape index (κ1) is 17.5. The lowest BCUT2D eigenvalue weighted by molar-refractivity contribution is -0.127. The molecule has 0 spiro atoms. The number of hydrazine groups is 1. The van der Waals surface area contributed by atoms with Crippen LogP contribution in [0.15, 0.2) is 36.4 Å². The molecule has 2 amide bonds. The number of amides is 2. The van der Waals surface area contributed by atoms with E-state index in [0.29, 0.717) is 0 Å². The minimum atomic E-state index is -0.392. The zero-order valence-corrected chi connectivity index (χ0v) is 14.2. The van der Waals surface area contributed by atoms with E-state index in [1.54, 1.807) is 10.8 Å². The van der Waals surface area contributed by atoms with Gasteiger partial charge in [0.2, 0.25) is 0 Å². The highest BCUT2D eigenvalue weighted by Gasteiger charge is 2.07. The first-order valence-electron chi connectivity index (χ1n) is 7.85. The standard InChI is InChI=1S/C18H22N4O2/c1-4-15-5-7-16(8-6-15)9-10-17(23)19-20-18(24)12-22-14(3)11-13(2)21-22/h5-11H,4,12H2,1-3H3,(H,19,23)(H,20,24)/b10-9+. The summed E-state index contributed by atoms with van der Waals surface area (Å²) in [6, 6.07) is 9.83. The van der Waals surface area contributed by atoms with Crippen molar-refractivity contribution in [1.29, 1.82) is 0 Å². The van der Waals surface area contributed by atoms with Crippen molar-refractivity contribution in [2.75, 3.05) is 0 Å². The third-order valence-electron chi connectivity index (χ3n) is 3.54. The fourth-order valence-electron chi connectivity index (χ4n) is 2.22. The second kappa shape index (κ2) is 8.10. The Balaban J connectivity index is 1.80. The van der Waals surface area contributed by atoms with Crippen molar-refractivity contribution in [3.8, 4) is 0 Å². The largest absolute Gasteiger partial charge is 0.271 e. The van der Waals surface area contributed by atoms with E-state index in [-0.39, 0.29) is 12.5 Å². The van der Waals surface area contributed by atoms with Gasteiger partial charge in [-0.05, 0) is 43.5 Å². The number of aryl methyl sites for hydroxylation is 3. The summed E-state index contributed by atoms with van der Waals surface area (Å²) in [5.74, 6) is -0.730. The molecular formula is C18H22N4O2. The summed E-state index contributed by atoms with van der Waals surface area (Å²) in [4.78, 5) is 23.5. The maximum Gasteiger partial charge on any atom is 0.262 e. The molecule has 0 saturated carbocycles. The predicted molar refractivity (Wildman–Crippen MR) is 92.8 cm³/mol. The van der Waals surface area contributed by atoms with E-state index < -0.39 is 5.91 Å². The Kier molecular flexibility index (Phi) is 5.89. The second-order valence-corrected chi connectivity index (χ2v) is 5.55. The number of nitrogens with zero attached hydrogens (tertiary/aromatic N) is 2. The first-order valence-corrected chi connectivity index (χ1v) is 7.85. The molecule has 0 fully saturated rings. The molecule has 1 aromatic heterocycles. The van der Waals surface area contributed by atoms with Gasteiger partial charge < -0.3 is 0 Å². The fourth-order valence-corrected chi connectivity index (χ4v) is 2.22. The number of rotatable bonds is 5. The van der Waals surface area contributed by atoms with Crippen LogP contribution in [0.5, 0.6) is 0 Å². The lowest BCUT2D eigenvalue weighted by atomic mass is 10.1. The van der Waals surface area contributed by atoms with Crippen molar-refractivity contribution < 1.29 is 9.59 Å². The van der Waals surface area contributed by atoms with Crippen LogP contribution in [0.1, 0.15) is 29.4 Å². The molecule has 0 radical (unpaired) electrons. The Morgan fingerprint density at radius 3 is 2.46 bits per heavy atom. The molecule has 0 aliphatic heterocycles. The molecule has 0 aliphatic carbocycles. The van der Waals surface area contributed by atoms with Gasteiger partial charge >= 0.3 is 0 Å². The van der Waals surface area contributed by atoms with Gasteiger partial charge in [0, 0.05) is 11.8 Å². The molecule has 126 valence electrons. The number of nitrogens with one attached hydrogen (secondary N) is 2. The maximum atomic E-state index is 11.8. The summed E-state index contributed by atoms with van der Waals surface area (Å²) in [7, 11) is 0. The maximum absolute atomic E-state index is 11.8. The van der Waals surface area contributed by atoms with Crippen molar-refractivity contribution in [1.82, 2.24) is 20.6 Å². The molecule has 2 N–H and O–H groups in total. The summed E-state index contributed by atoms with van der Waals surface area (Å²) in [5.41, 5.74) is 8.64. The average Bonchev–Trinajstić information content (AvgIpc) is 2.88. The van der Waals surface area contributed by atoms with Gasteiger partial charge in [-0.1, -0.05) is 31.2 Å². The quantitative estimate of drug-likeness (QED) is 0.651. The number of carbonyl (C=O) groups is 2. The second-order valence-electron chi connectivity index (χ2n) is 5.55. The molecule has 2 aromatic rings. The average molecular weight is 326 g/mol. The van der Waals surface area contributed by atoms with Gasteiger partial charge in [-0.25, -0.2) is 0 Å². The molecular weight excluding hydrogens is 304 g/mol. The Labute approximate surface area is 141 Å². The zero-order chi connectivity index (χ0) is 17.5. The normalized spacial score (nSPS) is 10.8. The summed E-state index contributed by atoms with van der Waals surface area (Å²) in [5, 5.41) is 4.20. The summed E-state index contributed by atoms with van der Waals surface area (Å²) in [6.07, 6.45) is 4.05. The summed E-state index contributed by atoms with van der Waals surface area (Å²) < 4.78 is 1.59. The minimum Gasteiger partial charge on any atom is -0.271 e. The number of hydrogen-bond donors (Lipinski definition) is 2. The highest BCUT2D eigenvalue weighted by molar-refractivity contribution is 5.93. The molecule has 24 heavy (non-hydrogen) atoms. The smallest absolute Gasteiger partial charge is 0.262 e. The molecule has 1 heterocycles. The molecule has 0 saturated heterocycles. The van der Waals surface area contributed by atoms with Crippen molar-refractivity contribution in [3.63, 3.8) is 0 Å². The zero-order valence-electron chi connectivity index (χ0n) is 14.2. The summed E-state index contributed by atoms with van der Waals surface area (Å²) >= 11 is 0. The number of carbonyl (C=O) groups excluding carboxylic acids is 2. The lowest BCUT2D eigenvalue weighted by Gasteiger charge is -2.06. The van der Waals surface area contributed by atoms with E-state index in [4.69, 9.17) is 0 Å². The van der Waals surface area contributed by atoms with E-state index in [1.807, 2.05) is 44.2 Å². The van der Waals surface area contributed by atoms with Crippen LogP contribution in [0, 0.1) is 13.8 Å². The molecule has 0 aliphatic rings. The van der Waals surface area contributed by atoms with Crippen LogP contribution in [0.25, 0.3) is 6.08 Å². The van der Waals surface area contributed by atoms with Gasteiger partial charge in [0.15, 0.2) is 0 Å². The summed E-state index contributed by atoms with van der Waals surface area (Å²) in [6.45, 7) is 5.88. The Morgan fingerprint density at radius 1 is 1.17 bits per heavy atom. The molecule has 2 rings (SSSR count). The van der Waals surface area contributed by atoms with E-state index in [9.17, 15) is 9.59 Å². The van der Waals surface area contributed by atoms with Crippen molar-refractivity contribution in [2.45, 2.75) is 33.7 Å². The van der Waals surface area contributed by atoms with E-state index in [0.717, 1.165) is 23.4 Å². The van der Waals surface area contributed by atoms with Gasteiger partial charge in [0.25, 0.3) is 11.8 Å². The third kappa shape index (κ3) is 5.08. The van der Waals surface area contributed by atoms with Crippen LogP contribution < -0.4 is 10.9 Å². The van der Waals surface area contributed by atoms with Crippen LogP contribution in [0.4, 0.5) is 0 Å². The van der Waals surface area contributed by atoms with Gasteiger partial charge in [-0.3, -0.25) is 25.1 Å². The number of hydrogen-bond acceptors (Lipinski definition) is 3. The van der Waals surface area contributed by atoms with Crippen molar-refractivity contribution in [2.24, 2.45) is 0 Å². The first-order chi connectivity index (χ1) is 11.5. The highest BCUT2D eigenvalue weighted by atomic mass is 16.2. The fraction of sp³-hybridized carbons (Fsp3) is 0.278. The monoisotopic (exact) mass is 326 g/mol. The van der Waals surface area contributed by atoms with Gasteiger partial charge in [0.1, 0.15) is 6.54 Å². The Bertz CT molecular complexity index is 745. The molecule has 0 bridgehead atoms. The predicted octanol–water partition coefficient (Wildman–Crippen LogP) is 1.92. The lowest BCUT2D eigenvalue weighted by Crippen LogP contribution is -2.42. The van der Waals surface area contributed by atoms with Crippen molar-refractivity contribution >= 4 is 17.9 Å². The van der Waals surface area contributed by atoms with Crippen LogP contribution in [-0.2, 0) is 22.6 Å². The number of benzene rings is 1. The molecule has 6 heteroatoms. The Hall–Kier alpha value is -2.89. The third-order valence-corrected chi connectivity index (χ3v) is 3.54. The van der Waals surface area contributed by atoms with E-state index in [2.05, 4.69) is 22.9 Å². The molecule has 0 atom stereocenters. The topological polar surface area (TPSA) is 76.0 Å². The highest BCUT2D eigenvalue weighted by Crippen LogP contribution is 2.06. The van der Waals surface area contributed by atoms with Crippen molar-refractivity contribution in [3.05, 3.63) is 58.9 Å². The van der Waals surface area contributed by atoms with E-state index >= 15 is 0 Å². The molecule has 1 aromatic carbocycles. The van der Waals surface area contributed by atoms with Crippen LogP contribution in [0.3, 0.4) is 0 Å². The SMILES string of the molecule is CCc1ccc(/C=C/C(=O)NNC(=O)Cn2nc(C)cc2C)cc1. The van der Waals surface area contributed by atoms with E-state index in [1.165, 1.54) is 11.6 Å². The van der Waals surface area contributed by atoms with Gasteiger partial charge in [-0.2, -0.15) is 5.10 Å². The van der Waals surface area contributed by atoms with Crippen LogP contribution in [0.2, 0.25) is 0 Å². The van der Waals surface area contributed by atoms with Crippen LogP contribution >= 0.6 is 0 Å². The van der Waals surface area contributed by atoms with Crippen LogP contribution in [-0.4, -0.2) is 21.6 Å². The molecule has 6 nitrogen and oxygen atoms in total. The number of aromatic nitrogens is 2. The Morgan fingerprint density at radius 2 is 1.88 bits per heavy atom. The van der Waals surface area contributed by atoms with Gasteiger partial charge in [0.05, 0.1) is 5.69 Å². The van der Waals surface area contributed by atoms with Gasteiger partial charge in [-0.15, -0.1) is 0 Å². The molecule has 0 unspecified atom stereocenters. The minimum absolute atomic E-state index is 0.0577.